The largest absolute Gasteiger partial charge is 0.484 e. The van der Waals surface area contributed by atoms with E-state index >= 15 is 0 Å². The van der Waals surface area contributed by atoms with E-state index in [1.54, 1.807) is 4.90 Å². The first-order valence-electron chi connectivity index (χ1n) is 11.4. The lowest BCUT2D eigenvalue weighted by atomic mass is 10.1. The Balaban J connectivity index is 1.40. The molecule has 0 saturated carbocycles. The van der Waals surface area contributed by atoms with Gasteiger partial charge in [0, 0.05) is 13.1 Å². The van der Waals surface area contributed by atoms with E-state index in [0.717, 1.165) is 11.1 Å². The number of ether oxygens (including phenoxy) is 1. The van der Waals surface area contributed by atoms with Crippen molar-refractivity contribution in [3.8, 4) is 5.75 Å². The van der Waals surface area contributed by atoms with Crippen LogP contribution >= 0.6 is 23.2 Å². The van der Waals surface area contributed by atoms with Crippen LogP contribution in [0.4, 0.5) is 5.69 Å². The number of nitrogens with one attached hydrogen (secondary N) is 1. The van der Waals surface area contributed by atoms with Crippen molar-refractivity contribution in [1.29, 1.82) is 0 Å². The van der Waals surface area contributed by atoms with Crippen molar-refractivity contribution in [2.45, 2.75) is 18.0 Å². The number of anilines is 1. The van der Waals surface area contributed by atoms with Gasteiger partial charge in [-0.3, -0.25) is 9.52 Å². The molecule has 4 aromatic carbocycles. The quantitative estimate of drug-likeness (QED) is 0.246. The van der Waals surface area contributed by atoms with Crippen LogP contribution in [0.5, 0.6) is 5.75 Å². The average Bonchev–Trinajstić information content (AvgIpc) is 2.90. The highest BCUT2D eigenvalue weighted by Gasteiger charge is 2.17. The van der Waals surface area contributed by atoms with Crippen molar-refractivity contribution >= 4 is 44.8 Å². The molecule has 0 fully saturated rings. The smallest absolute Gasteiger partial charge is 0.261 e. The Morgan fingerprint density at radius 1 is 0.757 bits per heavy atom. The summed E-state index contributed by atoms with van der Waals surface area (Å²) in [4.78, 5) is 14.8. The van der Waals surface area contributed by atoms with E-state index in [9.17, 15) is 13.2 Å². The maximum Gasteiger partial charge on any atom is 0.261 e. The van der Waals surface area contributed by atoms with Crippen molar-refractivity contribution in [1.82, 2.24) is 4.90 Å². The number of amides is 1. The molecule has 0 bridgehead atoms. The highest BCUT2D eigenvalue weighted by Crippen LogP contribution is 2.27. The molecule has 1 amide bonds. The highest BCUT2D eigenvalue weighted by molar-refractivity contribution is 7.92. The second kappa shape index (κ2) is 12.1. The van der Waals surface area contributed by atoms with Gasteiger partial charge in [-0.05, 0) is 53.6 Å². The topological polar surface area (TPSA) is 75.7 Å². The lowest BCUT2D eigenvalue weighted by molar-refractivity contribution is -0.134. The summed E-state index contributed by atoms with van der Waals surface area (Å²) >= 11 is 11.9. The van der Waals surface area contributed by atoms with E-state index in [1.165, 1.54) is 42.5 Å². The van der Waals surface area contributed by atoms with Gasteiger partial charge in [-0.1, -0.05) is 83.9 Å². The van der Waals surface area contributed by atoms with Crippen molar-refractivity contribution in [3.63, 3.8) is 0 Å². The Bertz CT molecular complexity index is 1410. The summed E-state index contributed by atoms with van der Waals surface area (Å²) in [6, 6.07) is 29.8. The fraction of sp³-hybridized carbons (Fsp3) is 0.107. The van der Waals surface area contributed by atoms with Crippen LogP contribution in [0, 0.1) is 0 Å². The molecule has 0 saturated heterocycles. The molecule has 0 aliphatic heterocycles. The summed E-state index contributed by atoms with van der Waals surface area (Å²) in [7, 11) is -3.86. The summed E-state index contributed by atoms with van der Waals surface area (Å²) in [6.07, 6.45) is 0. The van der Waals surface area contributed by atoms with Gasteiger partial charge in [-0.25, -0.2) is 8.42 Å². The summed E-state index contributed by atoms with van der Waals surface area (Å²) in [6.45, 7) is 0.693. The van der Waals surface area contributed by atoms with Gasteiger partial charge < -0.3 is 9.64 Å². The van der Waals surface area contributed by atoms with Gasteiger partial charge in [0.1, 0.15) is 5.75 Å². The van der Waals surface area contributed by atoms with E-state index in [0.29, 0.717) is 23.9 Å². The first kappa shape index (κ1) is 26.5. The first-order chi connectivity index (χ1) is 17.8. The van der Waals surface area contributed by atoms with Gasteiger partial charge in [0.25, 0.3) is 15.9 Å². The molecular weight excluding hydrogens is 531 g/mol. The molecule has 6 nitrogen and oxygen atoms in total. The molecule has 1 N–H and O–H groups in total. The number of hydrogen-bond donors (Lipinski definition) is 1. The van der Waals surface area contributed by atoms with Crippen molar-refractivity contribution in [3.05, 3.63) is 124 Å². The third-order valence-corrected chi connectivity index (χ3v) is 7.59. The van der Waals surface area contributed by atoms with Gasteiger partial charge >= 0.3 is 0 Å². The predicted molar refractivity (Wildman–Crippen MR) is 146 cm³/mol. The molecule has 0 unspecified atom stereocenters. The third-order valence-electron chi connectivity index (χ3n) is 5.45. The van der Waals surface area contributed by atoms with Gasteiger partial charge in [-0.2, -0.15) is 0 Å². The summed E-state index contributed by atoms with van der Waals surface area (Å²) in [5.41, 5.74) is 2.31. The van der Waals surface area contributed by atoms with E-state index in [1.807, 2.05) is 60.7 Å². The highest BCUT2D eigenvalue weighted by atomic mass is 35.5. The van der Waals surface area contributed by atoms with E-state index < -0.39 is 10.0 Å². The molecule has 0 aliphatic carbocycles. The number of rotatable bonds is 10. The van der Waals surface area contributed by atoms with Crippen LogP contribution in [0.2, 0.25) is 10.0 Å². The van der Waals surface area contributed by atoms with Gasteiger partial charge in [0.05, 0.1) is 20.6 Å². The summed E-state index contributed by atoms with van der Waals surface area (Å²) < 4.78 is 33.6. The number of sulfonamides is 1. The Morgan fingerprint density at radius 3 is 1.86 bits per heavy atom. The third kappa shape index (κ3) is 7.49. The van der Waals surface area contributed by atoms with Crippen molar-refractivity contribution < 1.29 is 17.9 Å². The molecule has 0 spiro atoms. The molecule has 9 heteroatoms. The SMILES string of the molecule is O=C(COc1ccc(S(=O)(=O)Nc2ccc(Cl)c(Cl)c2)cc1)N(Cc1ccccc1)Cc1ccccc1. The molecule has 0 atom stereocenters. The molecule has 4 rings (SSSR count). The maximum atomic E-state index is 13.1. The lowest BCUT2D eigenvalue weighted by Gasteiger charge is -2.23. The number of carbonyl (C=O) groups is 1. The van der Waals surface area contributed by atoms with Crippen LogP contribution in [0.3, 0.4) is 0 Å². The molecule has 0 aliphatic rings. The lowest BCUT2D eigenvalue weighted by Crippen LogP contribution is -2.34. The van der Waals surface area contributed by atoms with Crippen LogP contribution in [-0.2, 0) is 27.9 Å². The Kier molecular flexibility index (Phi) is 8.71. The fourth-order valence-corrected chi connectivity index (χ4v) is 4.91. The molecule has 37 heavy (non-hydrogen) atoms. The Morgan fingerprint density at radius 2 is 1.32 bits per heavy atom. The monoisotopic (exact) mass is 554 g/mol. The molecule has 0 radical (unpaired) electrons. The van der Waals surface area contributed by atoms with Crippen LogP contribution in [0.1, 0.15) is 11.1 Å². The summed E-state index contributed by atoms with van der Waals surface area (Å²) in [5.74, 6) is 0.187. The van der Waals surface area contributed by atoms with E-state index in [-0.39, 0.29) is 28.1 Å². The molecule has 4 aromatic rings. The molecular formula is C28H24Cl2N2O4S. The van der Waals surface area contributed by atoms with Gasteiger partial charge in [-0.15, -0.1) is 0 Å². The minimum atomic E-state index is -3.86. The van der Waals surface area contributed by atoms with Crippen molar-refractivity contribution in [2.24, 2.45) is 0 Å². The fourth-order valence-electron chi connectivity index (χ4n) is 3.56. The maximum absolute atomic E-state index is 13.1. The Labute approximate surface area is 226 Å². The predicted octanol–water partition coefficient (Wildman–Crippen LogP) is 6.40. The van der Waals surface area contributed by atoms with Crippen LogP contribution < -0.4 is 9.46 Å². The standard InChI is InChI=1S/C28H24Cl2N2O4S/c29-26-16-11-23(17-27(26)30)31-37(34,35)25-14-12-24(13-15-25)36-20-28(33)32(18-21-7-3-1-4-8-21)19-22-9-5-2-6-10-22/h1-17,31H,18-20H2. The minimum Gasteiger partial charge on any atom is -0.484 e. The molecule has 0 heterocycles. The van der Waals surface area contributed by atoms with Crippen LogP contribution in [-0.4, -0.2) is 25.8 Å². The zero-order chi connectivity index (χ0) is 26.3. The minimum absolute atomic E-state index is 0.0343. The normalized spacial score (nSPS) is 11.1. The number of hydrogen-bond acceptors (Lipinski definition) is 4. The number of nitrogens with zero attached hydrogens (tertiary/aromatic N) is 1. The summed E-state index contributed by atoms with van der Waals surface area (Å²) in [5, 5.41) is 0.565. The zero-order valence-electron chi connectivity index (χ0n) is 19.7. The number of carbonyl (C=O) groups excluding carboxylic acids is 1. The average molecular weight is 555 g/mol. The van der Waals surface area contributed by atoms with Crippen LogP contribution in [0.15, 0.2) is 108 Å². The van der Waals surface area contributed by atoms with Crippen molar-refractivity contribution in [2.75, 3.05) is 11.3 Å². The second-order valence-corrected chi connectivity index (χ2v) is 10.7. The number of halogens is 2. The Hall–Kier alpha value is -3.52. The van der Waals surface area contributed by atoms with Gasteiger partial charge in [0.15, 0.2) is 6.61 Å². The van der Waals surface area contributed by atoms with E-state index in [4.69, 9.17) is 27.9 Å². The van der Waals surface area contributed by atoms with Gasteiger partial charge in [0.2, 0.25) is 0 Å². The molecule has 0 aromatic heterocycles. The van der Waals surface area contributed by atoms with E-state index in [2.05, 4.69) is 4.72 Å². The first-order valence-corrected chi connectivity index (χ1v) is 13.6. The zero-order valence-corrected chi connectivity index (χ0v) is 22.0. The number of benzene rings is 4. The van der Waals surface area contributed by atoms with Crippen LogP contribution in [0.25, 0.3) is 0 Å². The molecule has 190 valence electrons. The second-order valence-electron chi connectivity index (χ2n) is 8.22.